The Bertz CT molecular complexity index is 819. The second kappa shape index (κ2) is 6.66. The monoisotopic (exact) mass is 330 g/mol. The zero-order chi connectivity index (χ0) is 16.2. The van der Waals surface area contributed by atoms with Crippen LogP contribution in [0.2, 0.25) is 5.02 Å². The van der Waals surface area contributed by atoms with E-state index < -0.39 is 0 Å². The molecule has 0 spiro atoms. The van der Waals surface area contributed by atoms with Gasteiger partial charge in [0.05, 0.1) is 20.8 Å². The molecule has 7 heteroatoms. The van der Waals surface area contributed by atoms with Crippen LogP contribution in [0.4, 0.5) is 0 Å². The van der Waals surface area contributed by atoms with E-state index in [1.54, 1.807) is 20.3 Å². The van der Waals surface area contributed by atoms with Crippen LogP contribution >= 0.6 is 11.6 Å². The normalized spacial score (nSPS) is 10.6. The maximum atomic E-state index is 6.04. The summed E-state index contributed by atoms with van der Waals surface area (Å²) in [6.07, 6.45) is 0. The molecule has 0 atom stereocenters. The van der Waals surface area contributed by atoms with Gasteiger partial charge in [-0.2, -0.15) is 4.80 Å². The van der Waals surface area contributed by atoms with E-state index in [-0.39, 0.29) is 0 Å². The standard InChI is InChI=1S/C16H15ClN4O2/c1-22-14-5-3-4-11(9-14)16-18-20-21(19-16)10-12-8-13(17)6-7-15(12)23-2/h3-9H,10H2,1-2H3. The summed E-state index contributed by atoms with van der Waals surface area (Å²) in [4.78, 5) is 1.50. The van der Waals surface area contributed by atoms with E-state index in [1.165, 1.54) is 4.80 Å². The van der Waals surface area contributed by atoms with Crippen molar-refractivity contribution in [3.05, 3.63) is 53.1 Å². The van der Waals surface area contributed by atoms with Crippen LogP contribution in [-0.2, 0) is 6.54 Å². The molecule has 1 heterocycles. The average molecular weight is 331 g/mol. The van der Waals surface area contributed by atoms with Crippen LogP contribution in [0.15, 0.2) is 42.5 Å². The number of rotatable bonds is 5. The molecule has 0 amide bonds. The number of aromatic nitrogens is 4. The van der Waals surface area contributed by atoms with E-state index in [9.17, 15) is 0 Å². The van der Waals surface area contributed by atoms with E-state index in [0.717, 1.165) is 22.6 Å². The molecule has 0 aliphatic heterocycles. The Morgan fingerprint density at radius 3 is 2.74 bits per heavy atom. The highest BCUT2D eigenvalue weighted by Crippen LogP contribution is 2.24. The molecule has 0 bridgehead atoms. The van der Waals surface area contributed by atoms with Crippen molar-refractivity contribution in [2.45, 2.75) is 6.54 Å². The van der Waals surface area contributed by atoms with Gasteiger partial charge in [0.2, 0.25) is 5.82 Å². The summed E-state index contributed by atoms with van der Waals surface area (Å²) in [5.74, 6) is 2.01. The van der Waals surface area contributed by atoms with Crippen molar-refractivity contribution in [3.63, 3.8) is 0 Å². The fourth-order valence-corrected chi connectivity index (χ4v) is 2.41. The summed E-state index contributed by atoms with van der Waals surface area (Å²) in [6, 6.07) is 12.9. The lowest BCUT2D eigenvalue weighted by atomic mass is 10.2. The molecule has 1 aromatic heterocycles. The van der Waals surface area contributed by atoms with Gasteiger partial charge in [0.25, 0.3) is 0 Å². The predicted octanol–water partition coefficient (Wildman–Crippen LogP) is 3.06. The largest absolute Gasteiger partial charge is 0.497 e. The first-order valence-electron chi connectivity index (χ1n) is 6.94. The molecular weight excluding hydrogens is 316 g/mol. The Labute approximate surface area is 138 Å². The third-order valence-electron chi connectivity index (χ3n) is 3.33. The topological polar surface area (TPSA) is 62.1 Å². The Morgan fingerprint density at radius 1 is 1.09 bits per heavy atom. The number of nitrogens with zero attached hydrogens (tertiary/aromatic N) is 4. The third-order valence-corrected chi connectivity index (χ3v) is 3.57. The van der Waals surface area contributed by atoms with Crippen LogP contribution < -0.4 is 9.47 Å². The van der Waals surface area contributed by atoms with Crippen molar-refractivity contribution in [3.8, 4) is 22.9 Å². The maximum Gasteiger partial charge on any atom is 0.205 e. The van der Waals surface area contributed by atoms with Gasteiger partial charge in [0, 0.05) is 16.1 Å². The lowest BCUT2D eigenvalue weighted by molar-refractivity contribution is 0.405. The Balaban J connectivity index is 1.86. The van der Waals surface area contributed by atoms with Gasteiger partial charge < -0.3 is 9.47 Å². The summed E-state index contributed by atoms with van der Waals surface area (Å²) < 4.78 is 10.5. The van der Waals surface area contributed by atoms with Crippen LogP contribution in [-0.4, -0.2) is 34.4 Å². The summed E-state index contributed by atoms with van der Waals surface area (Å²) in [6.45, 7) is 0.417. The average Bonchev–Trinajstić information content (AvgIpc) is 3.04. The van der Waals surface area contributed by atoms with E-state index in [4.69, 9.17) is 21.1 Å². The molecule has 0 saturated carbocycles. The summed E-state index contributed by atoms with van der Waals surface area (Å²) >= 11 is 6.04. The number of hydrogen-bond donors (Lipinski definition) is 0. The molecule has 6 nitrogen and oxygen atoms in total. The second-order valence-electron chi connectivity index (χ2n) is 4.83. The fourth-order valence-electron chi connectivity index (χ4n) is 2.21. The fraction of sp³-hybridized carbons (Fsp3) is 0.188. The zero-order valence-electron chi connectivity index (χ0n) is 12.7. The molecule has 23 heavy (non-hydrogen) atoms. The highest BCUT2D eigenvalue weighted by Gasteiger charge is 2.10. The number of hydrogen-bond acceptors (Lipinski definition) is 5. The lowest BCUT2D eigenvalue weighted by Gasteiger charge is -2.07. The van der Waals surface area contributed by atoms with Gasteiger partial charge in [0.15, 0.2) is 0 Å². The number of methoxy groups -OCH3 is 2. The third kappa shape index (κ3) is 3.43. The number of halogens is 1. The molecule has 0 radical (unpaired) electrons. The SMILES string of the molecule is COc1cccc(-c2nnn(Cc3cc(Cl)ccc3OC)n2)c1. The first-order valence-corrected chi connectivity index (χ1v) is 7.32. The van der Waals surface area contributed by atoms with Gasteiger partial charge in [-0.25, -0.2) is 0 Å². The molecule has 0 N–H and O–H groups in total. The smallest absolute Gasteiger partial charge is 0.205 e. The summed E-state index contributed by atoms with van der Waals surface area (Å²) in [7, 11) is 3.23. The Kier molecular flexibility index (Phi) is 4.43. The molecule has 0 saturated heterocycles. The summed E-state index contributed by atoms with van der Waals surface area (Å²) in [5.41, 5.74) is 1.73. The highest BCUT2D eigenvalue weighted by molar-refractivity contribution is 6.30. The van der Waals surface area contributed by atoms with Crippen molar-refractivity contribution in [1.29, 1.82) is 0 Å². The quantitative estimate of drug-likeness (QED) is 0.719. The first kappa shape index (κ1) is 15.3. The zero-order valence-corrected chi connectivity index (χ0v) is 13.5. The summed E-state index contributed by atoms with van der Waals surface area (Å²) in [5, 5.41) is 13.2. The van der Waals surface area contributed by atoms with Gasteiger partial charge in [-0.05, 0) is 35.5 Å². The van der Waals surface area contributed by atoms with Gasteiger partial charge in [-0.3, -0.25) is 0 Å². The molecule has 0 aliphatic carbocycles. The van der Waals surface area contributed by atoms with Gasteiger partial charge in [-0.1, -0.05) is 23.7 Å². The molecule has 118 valence electrons. The van der Waals surface area contributed by atoms with Gasteiger partial charge >= 0.3 is 0 Å². The van der Waals surface area contributed by atoms with E-state index in [2.05, 4.69) is 15.4 Å². The van der Waals surface area contributed by atoms with Crippen molar-refractivity contribution in [2.75, 3.05) is 14.2 Å². The molecular formula is C16H15ClN4O2. The van der Waals surface area contributed by atoms with Crippen molar-refractivity contribution in [1.82, 2.24) is 20.2 Å². The van der Waals surface area contributed by atoms with E-state index in [0.29, 0.717) is 17.4 Å². The van der Waals surface area contributed by atoms with Crippen molar-refractivity contribution in [2.24, 2.45) is 0 Å². The molecule has 2 aromatic carbocycles. The van der Waals surface area contributed by atoms with E-state index >= 15 is 0 Å². The van der Waals surface area contributed by atoms with E-state index in [1.807, 2.05) is 36.4 Å². The molecule has 0 unspecified atom stereocenters. The van der Waals surface area contributed by atoms with Crippen molar-refractivity contribution >= 4 is 11.6 Å². The van der Waals surface area contributed by atoms with Gasteiger partial charge in [0.1, 0.15) is 11.5 Å². The van der Waals surface area contributed by atoms with Crippen LogP contribution in [0.5, 0.6) is 11.5 Å². The number of benzene rings is 2. The van der Waals surface area contributed by atoms with Crippen LogP contribution in [0.25, 0.3) is 11.4 Å². The van der Waals surface area contributed by atoms with Crippen molar-refractivity contribution < 1.29 is 9.47 Å². The Morgan fingerprint density at radius 2 is 1.96 bits per heavy atom. The van der Waals surface area contributed by atoms with Crippen LogP contribution in [0, 0.1) is 0 Å². The molecule has 3 rings (SSSR count). The second-order valence-corrected chi connectivity index (χ2v) is 5.27. The predicted molar refractivity (Wildman–Crippen MR) is 86.9 cm³/mol. The van der Waals surface area contributed by atoms with Crippen LogP contribution in [0.1, 0.15) is 5.56 Å². The first-order chi connectivity index (χ1) is 11.2. The highest BCUT2D eigenvalue weighted by atomic mass is 35.5. The minimum absolute atomic E-state index is 0.417. The van der Waals surface area contributed by atoms with Gasteiger partial charge in [-0.15, -0.1) is 10.2 Å². The minimum atomic E-state index is 0.417. The molecule has 0 aliphatic rings. The van der Waals surface area contributed by atoms with Crippen LogP contribution in [0.3, 0.4) is 0 Å². The molecule has 0 fully saturated rings. The minimum Gasteiger partial charge on any atom is -0.497 e. The number of tetrazole rings is 1. The molecule has 3 aromatic rings. The number of ether oxygens (including phenoxy) is 2. The maximum absolute atomic E-state index is 6.04. The lowest BCUT2D eigenvalue weighted by Crippen LogP contribution is -2.05. The Hall–Kier alpha value is -2.60.